The van der Waals surface area contributed by atoms with Crippen molar-refractivity contribution in [3.05, 3.63) is 16.8 Å². The van der Waals surface area contributed by atoms with Gasteiger partial charge < -0.3 is 22.3 Å². The molecule has 0 radical (unpaired) electrons. The lowest BCUT2D eigenvalue weighted by Crippen LogP contribution is -2.68. The van der Waals surface area contributed by atoms with E-state index in [0.717, 1.165) is 5.56 Å². The van der Waals surface area contributed by atoms with Crippen LogP contribution in [-0.4, -0.2) is 49.8 Å². The number of anilines is 2. The number of carboxylic acids is 1. The Morgan fingerprint density at radius 1 is 1.50 bits per heavy atom. The number of fused-ring (bicyclic) bond motifs is 1. The van der Waals surface area contributed by atoms with Crippen molar-refractivity contribution < 1.29 is 19.3 Å². The van der Waals surface area contributed by atoms with Crippen LogP contribution in [0.3, 0.4) is 0 Å². The van der Waals surface area contributed by atoms with Gasteiger partial charge in [-0.05, 0) is 31.2 Å². The Kier molecular flexibility index (Phi) is 5.04. The highest BCUT2D eigenvalue weighted by molar-refractivity contribution is 8.01. The molecule has 0 bridgehead atoms. The van der Waals surface area contributed by atoms with Crippen molar-refractivity contribution in [3.8, 4) is 0 Å². The Morgan fingerprint density at radius 3 is 2.81 bits per heavy atom. The summed E-state index contributed by atoms with van der Waals surface area (Å²) in [5.41, 5.74) is 19.2. The van der Waals surface area contributed by atoms with E-state index >= 15 is 0 Å². The van der Waals surface area contributed by atoms with E-state index in [1.54, 1.807) is 6.92 Å². The number of β-lactam (4-membered cyclic amide) rings is 1. The van der Waals surface area contributed by atoms with Crippen LogP contribution in [0.5, 0.6) is 0 Å². The van der Waals surface area contributed by atoms with Crippen LogP contribution in [-0.2, 0) is 16.1 Å². The molecule has 7 N–H and O–H groups in total. The molecule has 0 aromatic carbocycles. The van der Waals surface area contributed by atoms with E-state index in [9.17, 15) is 14.7 Å². The topological polar surface area (TPSA) is 152 Å². The van der Waals surface area contributed by atoms with Gasteiger partial charge in [-0.3, -0.25) is 9.69 Å². The predicted molar refractivity (Wildman–Crippen MR) is 100 cm³/mol. The van der Waals surface area contributed by atoms with E-state index in [2.05, 4.69) is 4.98 Å². The van der Waals surface area contributed by atoms with E-state index < -0.39 is 12.0 Å². The number of hydrogen-bond acceptors (Lipinski definition) is 8. The smallest absolute Gasteiger partial charge is 0.352 e. The van der Waals surface area contributed by atoms with Gasteiger partial charge in [0.2, 0.25) is 17.5 Å². The van der Waals surface area contributed by atoms with Crippen LogP contribution in [0, 0.1) is 6.92 Å². The third kappa shape index (κ3) is 2.89. The molecule has 1 aromatic rings. The highest BCUT2D eigenvalue weighted by Gasteiger charge is 2.51. The van der Waals surface area contributed by atoms with Gasteiger partial charge in [-0.1, -0.05) is 4.98 Å². The molecule has 1 fully saturated rings. The zero-order valence-electron chi connectivity index (χ0n) is 14.4. The van der Waals surface area contributed by atoms with E-state index in [4.69, 9.17) is 17.2 Å². The predicted octanol–water partition coefficient (Wildman–Crippen LogP) is -0.465. The standard InChI is InChI=1S/C15H20N6O3S2/c1-3-20-11(18)6(2)10(17)19-15(20)26-5-7-4-25-13-8(16)12(22)21(13)9(7)14(23)24/h8,13H,3-5,16H2,1-2H3,(H4,17,18,23,24)/p+1/t8?,13-/m1/s1. The Labute approximate surface area is 159 Å². The molecule has 140 valence electrons. The number of carboxylic acid groups (broad SMARTS) is 1. The first-order chi connectivity index (χ1) is 12.3. The van der Waals surface area contributed by atoms with Crippen molar-refractivity contribution in [1.82, 2.24) is 9.88 Å². The summed E-state index contributed by atoms with van der Waals surface area (Å²) in [6.07, 6.45) is 0. The molecule has 0 spiro atoms. The van der Waals surface area contributed by atoms with Gasteiger partial charge in [0.15, 0.2) is 0 Å². The van der Waals surface area contributed by atoms with E-state index in [-0.39, 0.29) is 17.0 Å². The van der Waals surface area contributed by atoms with Gasteiger partial charge in [0.1, 0.15) is 17.1 Å². The lowest BCUT2D eigenvalue weighted by Gasteiger charge is -2.48. The molecule has 3 heterocycles. The summed E-state index contributed by atoms with van der Waals surface area (Å²) in [7, 11) is 0. The van der Waals surface area contributed by atoms with Crippen molar-refractivity contribution in [2.45, 2.75) is 37.0 Å². The number of aromatic nitrogens is 2. The quantitative estimate of drug-likeness (QED) is 0.224. The van der Waals surface area contributed by atoms with Gasteiger partial charge >= 0.3 is 11.1 Å². The number of thioether (sulfide) groups is 2. The van der Waals surface area contributed by atoms with Crippen LogP contribution in [0.4, 0.5) is 11.6 Å². The number of nitrogens with zero attached hydrogens (tertiary/aromatic N) is 3. The molecule has 2 aliphatic heterocycles. The van der Waals surface area contributed by atoms with Crippen LogP contribution in [0.2, 0.25) is 0 Å². The minimum Gasteiger partial charge on any atom is -0.477 e. The SMILES string of the molecule is CC[n+]1c(SCC2=C(C(=O)O)N3C(=O)C(N)[C@H]3SC2)nc(N)c(C)c1N. The molecule has 1 aromatic heterocycles. The summed E-state index contributed by atoms with van der Waals surface area (Å²) in [4.78, 5) is 29.4. The lowest BCUT2D eigenvalue weighted by molar-refractivity contribution is -0.720. The van der Waals surface area contributed by atoms with E-state index in [0.29, 0.717) is 40.4 Å². The van der Waals surface area contributed by atoms with Crippen LogP contribution in [0.15, 0.2) is 16.4 Å². The fraction of sp³-hybridized carbons (Fsp3) is 0.467. The minimum absolute atomic E-state index is 0.0315. The van der Waals surface area contributed by atoms with Gasteiger partial charge in [-0.2, -0.15) is 0 Å². The molecular formula is C15H21N6O3S2+. The van der Waals surface area contributed by atoms with Gasteiger partial charge in [-0.15, -0.1) is 11.8 Å². The van der Waals surface area contributed by atoms with Crippen molar-refractivity contribution in [1.29, 1.82) is 0 Å². The number of carbonyl (C=O) groups excluding carboxylic acids is 1. The number of hydrogen-bond donors (Lipinski definition) is 4. The fourth-order valence-electron chi connectivity index (χ4n) is 2.94. The highest BCUT2D eigenvalue weighted by Crippen LogP contribution is 2.40. The first-order valence-electron chi connectivity index (χ1n) is 8.01. The Hall–Kier alpha value is -1.98. The fourth-order valence-corrected chi connectivity index (χ4v) is 5.45. The zero-order chi connectivity index (χ0) is 19.2. The molecule has 0 aliphatic carbocycles. The molecule has 0 saturated carbocycles. The molecule has 11 heteroatoms. The van der Waals surface area contributed by atoms with Crippen LogP contribution < -0.4 is 21.8 Å². The van der Waals surface area contributed by atoms with Crippen molar-refractivity contribution in [2.24, 2.45) is 5.73 Å². The lowest BCUT2D eigenvalue weighted by atomic mass is 10.0. The molecule has 1 amide bonds. The van der Waals surface area contributed by atoms with Gasteiger partial charge in [0, 0.05) is 11.5 Å². The van der Waals surface area contributed by atoms with Gasteiger partial charge in [0.05, 0.1) is 12.1 Å². The second-order valence-electron chi connectivity index (χ2n) is 6.02. The van der Waals surface area contributed by atoms with Crippen LogP contribution >= 0.6 is 23.5 Å². The normalized spacial score (nSPS) is 22.3. The Bertz CT molecular complexity index is 828. The number of amides is 1. The van der Waals surface area contributed by atoms with E-state index in [1.807, 2.05) is 11.5 Å². The van der Waals surface area contributed by atoms with E-state index in [1.165, 1.54) is 28.4 Å². The number of nitrogen functional groups attached to an aromatic ring is 2. The molecule has 1 unspecified atom stereocenters. The second-order valence-corrected chi connectivity index (χ2v) is 8.06. The van der Waals surface area contributed by atoms with Crippen LogP contribution in [0.25, 0.3) is 0 Å². The number of nitrogens with two attached hydrogens (primary N) is 3. The summed E-state index contributed by atoms with van der Waals surface area (Å²) >= 11 is 2.83. The van der Waals surface area contributed by atoms with Gasteiger partial charge in [0.25, 0.3) is 0 Å². The summed E-state index contributed by atoms with van der Waals surface area (Å²) in [5, 5.41) is 9.90. The minimum atomic E-state index is -1.12. The number of rotatable bonds is 5. The van der Waals surface area contributed by atoms with Crippen molar-refractivity contribution in [2.75, 3.05) is 23.0 Å². The average molecular weight is 398 g/mol. The second kappa shape index (κ2) is 6.97. The third-order valence-corrected chi connectivity index (χ3v) is 6.91. The summed E-state index contributed by atoms with van der Waals surface area (Å²) < 4.78 is 1.83. The molecule has 1 saturated heterocycles. The van der Waals surface area contributed by atoms with Gasteiger partial charge in [-0.25, -0.2) is 9.36 Å². The first-order valence-corrected chi connectivity index (χ1v) is 10.0. The molecule has 3 rings (SSSR count). The maximum absolute atomic E-state index is 12.0. The summed E-state index contributed by atoms with van der Waals surface area (Å²) in [6, 6.07) is -0.635. The third-order valence-electron chi connectivity index (χ3n) is 4.49. The number of carbonyl (C=O) groups is 2. The van der Waals surface area contributed by atoms with Crippen LogP contribution in [0.1, 0.15) is 12.5 Å². The number of aliphatic carboxylic acids is 1. The van der Waals surface area contributed by atoms with Crippen molar-refractivity contribution >= 4 is 47.0 Å². The highest BCUT2D eigenvalue weighted by atomic mass is 32.2. The molecular weight excluding hydrogens is 376 g/mol. The largest absolute Gasteiger partial charge is 0.477 e. The molecule has 2 aliphatic rings. The van der Waals surface area contributed by atoms with Crippen molar-refractivity contribution in [3.63, 3.8) is 0 Å². The average Bonchev–Trinajstić information content (AvgIpc) is 2.62. The summed E-state index contributed by atoms with van der Waals surface area (Å²) in [5.74, 6) is 0.286. The summed E-state index contributed by atoms with van der Waals surface area (Å²) in [6.45, 7) is 4.37. The Morgan fingerprint density at radius 2 is 2.19 bits per heavy atom. The zero-order valence-corrected chi connectivity index (χ0v) is 16.1. The maximum atomic E-state index is 12.0. The monoisotopic (exact) mass is 397 g/mol. The maximum Gasteiger partial charge on any atom is 0.352 e. The Balaban J connectivity index is 1.89. The molecule has 2 atom stereocenters. The molecule has 9 nitrogen and oxygen atoms in total. The first kappa shape index (κ1) is 18.8. The molecule has 26 heavy (non-hydrogen) atoms.